The SMILES string of the molecule is CNCC1CCN(CC2CCCN(S(C)(=O)=O)C2)CC1. The van der Waals surface area contributed by atoms with Gasteiger partial charge in [0.15, 0.2) is 0 Å². The predicted octanol–water partition coefficient (Wildman–Crippen LogP) is 0.589. The molecule has 0 saturated carbocycles. The molecule has 0 aliphatic carbocycles. The zero-order valence-corrected chi connectivity index (χ0v) is 13.7. The van der Waals surface area contributed by atoms with Gasteiger partial charge in [-0.2, -0.15) is 0 Å². The van der Waals surface area contributed by atoms with E-state index in [0.29, 0.717) is 12.5 Å². The Hall–Kier alpha value is -0.170. The van der Waals surface area contributed by atoms with Crippen molar-refractivity contribution in [1.29, 1.82) is 0 Å². The molecule has 118 valence electrons. The van der Waals surface area contributed by atoms with Gasteiger partial charge >= 0.3 is 0 Å². The Kier molecular flexibility index (Phi) is 5.84. The van der Waals surface area contributed by atoms with E-state index in [4.69, 9.17) is 0 Å². The number of rotatable bonds is 5. The lowest BCUT2D eigenvalue weighted by Gasteiger charge is -2.37. The van der Waals surface area contributed by atoms with Gasteiger partial charge in [-0.3, -0.25) is 0 Å². The Labute approximate surface area is 123 Å². The molecule has 0 bridgehead atoms. The van der Waals surface area contributed by atoms with E-state index in [0.717, 1.165) is 32.0 Å². The molecule has 1 atom stereocenters. The van der Waals surface area contributed by atoms with Crippen LogP contribution in [0.5, 0.6) is 0 Å². The van der Waals surface area contributed by atoms with Crippen molar-refractivity contribution in [3.8, 4) is 0 Å². The summed E-state index contributed by atoms with van der Waals surface area (Å²) in [5.41, 5.74) is 0. The van der Waals surface area contributed by atoms with Crippen LogP contribution in [0.1, 0.15) is 25.7 Å². The van der Waals surface area contributed by atoms with Gasteiger partial charge in [0.2, 0.25) is 10.0 Å². The van der Waals surface area contributed by atoms with Crippen LogP contribution in [0.25, 0.3) is 0 Å². The third-order valence-electron chi connectivity index (χ3n) is 4.67. The molecule has 2 aliphatic rings. The number of piperidine rings is 2. The predicted molar refractivity (Wildman–Crippen MR) is 82.2 cm³/mol. The first-order chi connectivity index (χ1) is 9.49. The van der Waals surface area contributed by atoms with Crippen LogP contribution in [0, 0.1) is 11.8 Å². The molecule has 6 heteroatoms. The fourth-order valence-corrected chi connectivity index (χ4v) is 4.45. The number of likely N-dealkylation sites (tertiary alicyclic amines) is 1. The number of hydrogen-bond acceptors (Lipinski definition) is 4. The van der Waals surface area contributed by atoms with Crippen molar-refractivity contribution >= 4 is 10.0 Å². The molecule has 1 N–H and O–H groups in total. The van der Waals surface area contributed by atoms with Crippen molar-refractivity contribution in [2.45, 2.75) is 25.7 Å². The molecule has 0 aromatic carbocycles. The quantitative estimate of drug-likeness (QED) is 0.808. The van der Waals surface area contributed by atoms with Crippen LogP contribution in [-0.4, -0.2) is 70.2 Å². The van der Waals surface area contributed by atoms with Gasteiger partial charge in [0.05, 0.1) is 6.26 Å². The van der Waals surface area contributed by atoms with Crippen LogP contribution < -0.4 is 5.32 Å². The van der Waals surface area contributed by atoms with Crippen LogP contribution in [0.3, 0.4) is 0 Å². The summed E-state index contributed by atoms with van der Waals surface area (Å²) >= 11 is 0. The summed E-state index contributed by atoms with van der Waals surface area (Å²) in [7, 11) is -0.987. The number of sulfonamides is 1. The number of nitrogens with zero attached hydrogens (tertiary/aromatic N) is 2. The fourth-order valence-electron chi connectivity index (χ4n) is 3.50. The van der Waals surface area contributed by atoms with E-state index in [1.807, 2.05) is 7.05 Å². The highest BCUT2D eigenvalue weighted by atomic mass is 32.2. The summed E-state index contributed by atoms with van der Waals surface area (Å²) in [4.78, 5) is 2.53. The van der Waals surface area contributed by atoms with Crippen molar-refractivity contribution < 1.29 is 8.42 Å². The molecule has 0 aromatic heterocycles. The molecule has 2 fully saturated rings. The maximum atomic E-state index is 11.6. The fraction of sp³-hybridized carbons (Fsp3) is 1.00. The van der Waals surface area contributed by atoms with Crippen LogP contribution in [0.2, 0.25) is 0 Å². The minimum absolute atomic E-state index is 0.513. The molecule has 2 rings (SSSR count). The molecule has 0 amide bonds. The first-order valence-electron chi connectivity index (χ1n) is 7.81. The average Bonchev–Trinajstić information content (AvgIpc) is 2.41. The van der Waals surface area contributed by atoms with Gasteiger partial charge in [-0.05, 0) is 64.2 Å². The minimum atomic E-state index is -3.01. The molecule has 2 aliphatic heterocycles. The summed E-state index contributed by atoms with van der Waals surface area (Å²) in [5, 5.41) is 3.26. The Bertz CT molecular complexity index is 391. The first kappa shape index (κ1) is 16.2. The Morgan fingerprint density at radius 3 is 2.40 bits per heavy atom. The second-order valence-corrected chi connectivity index (χ2v) is 8.41. The largest absolute Gasteiger partial charge is 0.319 e. The summed E-state index contributed by atoms with van der Waals surface area (Å²) in [6, 6.07) is 0. The van der Waals surface area contributed by atoms with Crippen molar-refractivity contribution in [3.05, 3.63) is 0 Å². The monoisotopic (exact) mass is 303 g/mol. The molecule has 2 saturated heterocycles. The second-order valence-electron chi connectivity index (χ2n) is 6.43. The summed E-state index contributed by atoms with van der Waals surface area (Å²) < 4.78 is 25.0. The van der Waals surface area contributed by atoms with Gasteiger partial charge in [0.1, 0.15) is 0 Å². The maximum absolute atomic E-state index is 11.6. The summed E-state index contributed by atoms with van der Waals surface area (Å²) in [6.07, 6.45) is 6.04. The van der Waals surface area contributed by atoms with Crippen LogP contribution in [-0.2, 0) is 10.0 Å². The Balaban J connectivity index is 1.77. The van der Waals surface area contributed by atoms with Crippen molar-refractivity contribution in [2.24, 2.45) is 11.8 Å². The van der Waals surface area contributed by atoms with Gasteiger partial charge in [0, 0.05) is 19.6 Å². The van der Waals surface area contributed by atoms with E-state index in [1.54, 1.807) is 4.31 Å². The van der Waals surface area contributed by atoms with Gasteiger partial charge in [-0.15, -0.1) is 0 Å². The van der Waals surface area contributed by atoms with Crippen molar-refractivity contribution in [2.75, 3.05) is 52.6 Å². The smallest absolute Gasteiger partial charge is 0.211 e. The summed E-state index contributed by atoms with van der Waals surface area (Å²) in [6.45, 7) is 5.95. The lowest BCUT2D eigenvalue weighted by molar-refractivity contribution is 0.135. The van der Waals surface area contributed by atoms with Crippen molar-refractivity contribution in [3.63, 3.8) is 0 Å². The van der Waals surface area contributed by atoms with Gasteiger partial charge in [-0.1, -0.05) is 0 Å². The summed E-state index contributed by atoms with van der Waals surface area (Å²) in [5.74, 6) is 1.33. The number of hydrogen-bond donors (Lipinski definition) is 1. The Morgan fingerprint density at radius 2 is 1.80 bits per heavy atom. The normalized spacial score (nSPS) is 27.8. The highest BCUT2D eigenvalue weighted by Crippen LogP contribution is 2.22. The molecular formula is C14H29N3O2S. The van der Waals surface area contributed by atoms with Crippen LogP contribution in [0.4, 0.5) is 0 Å². The minimum Gasteiger partial charge on any atom is -0.319 e. The van der Waals surface area contributed by atoms with E-state index in [2.05, 4.69) is 10.2 Å². The highest BCUT2D eigenvalue weighted by Gasteiger charge is 2.28. The van der Waals surface area contributed by atoms with Gasteiger partial charge < -0.3 is 10.2 Å². The zero-order chi connectivity index (χ0) is 14.6. The second kappa shape index (κ2) is 7.20. The van der Waals surface area contributed by atoms with Crippen LogP contribution in [0.15, 0.2) is 0 Å². The highest BCUT2D eigenvalue weighted by molar-refractivity contribution is 7.88. The molecule has 0 radical (unpaired) electrons. The van der Waals surface area contributed by atoms with E-state index < -0.39 is 10.0 Å². The molecule has 2 heterocycles. The van der Waals surface area contributed by atoms with E-state index in [-0.39, 0.29) is 0 Å². The number of nitrogens with one attached hydrogen (secondary N) is 1. The lowest BCUT2D eigenvalue weighted by atomic mass is 9.94. The average molecular weight is 303 g/mol. The topological polar surface area (TPSA) is 52.6 Å². The van der Waals surface area contributed by atoms with Crippen molar-refractivity contribution in [1.82, 2.24) is 14.5 Å². The molecule has 5 nitrogen and oxygen atoms in total. The zero-order valence-electron chi connectivity index (χ0n) is 12.8. The lowest BCUT2D eigenvalue weighted by Crippen LogP contribution is -2.45. The molecule has 1 unspecified atom stereocenters. The molecule has 0 aromatic rings. The molecule has 0 spiro atoms. The molecular weight excluding hydrogens is 274 g/mol. The van der Waals surface area contributed by atoms with Gasteiger partial charge in [0.25, 0.3) is 0 Å². The standard InChI is InChI=1S/C14H29N3O2S/c1-15-10-13-5-8-16(9-6-13)11-14-4-3-7-17(12-14)20(2,18)19/h13-15H,3-12H2,1-2H3. The third kappa shape index (κ3) is 4.69. The third-order valence-corrected chi connectivity index (χ3v) is 5.94. The van der Waals surface area contributed by atoms with E-state index in [9.17, 15) is 8.42 Å². The van der Waals surface area contributed by atoms with E-state index in [1.165, 1.54) is 38.6 Å². The Morgan fingerprint density at radius 1 is 1.10 bits per heavy atom. The maximum Gasteiger partial charge on any atom is 0.211 e. The van der Waals surface area contributed by atoms with Gasteiger partial charge in [-0.25, -0.2) is 12.7 Å². The molecule has 20 heavy (non-hydrogen) atoms. The van der Waals surface area contributed by atoms with Crippen LogP contribution >= 0.6 is 0 Å². The van der Waals surface area contributed by atoms with E-state index >= 15 is 0 Å². The first-order valence-corrected chi connectivity index (χ1v) is 9.66.